The Morgan fingerprint density at radius 2 is 1.70 bits per heavy atom. The molecule has 8 heteroatoms. The molecule has 142 valence electrons. The topological polar surface area (TPSA) is 61.8 Å². The molecule has 0 saturated carbocycles. The number of benzene rings is 1. The lowest BCUT2D eigenvalue weighted by molar-refractivity contribution is 0.0740. The molecule has 27 heavy (non-hydrogen) atoms. The lowest BCUT2D eigenvalue weighted by atomic mass is 10.2. The van der Waals surface area contributed by atoms with E-state index in [0.29, 0.717) is 50.8 Å². The molecule has 2 saturated heterocycles. The van der Waals surface area contributed by atoms with Crippen molar-refractivity contribution in [2.45, 2.75) is 0 Å². The van der Waals surface area contributed by atoms with Crippen LogP contribution in [0.5, 0.6) is 0 Å². The van der Waals surface area contributed by atoms with Gasteiger partial charge in [-0.15, -0.1) is 0 Å². The molecule has 0 radical (unpaired) electrons. The summed E-state index contributed by atoms with van der Waals surface area (Å²) in [4.78, 5) is 27.1. The number of anilines is 2. The van der Waals surface area contributed by atoms with Crippen LogP contribution in [0.3, 0.4) is 0 Å². The van der Waals surface area contributed by atoms with Crippen LogP contribution in [0.4, 0.5) is 15.9 Å². The third-order valence-electron chi connectivity index (χ3n) is 4.97. The summed E-state index contributed by atoms with van der Waals surface area (Å²) < 4.78 is 19.3. The predicted molar refractivity (Wildman–Crippen MR) is 99.6 cm³/mol. The smallest absolute Gasteiger partial charge is 0.272 e. The van der Waals surface area contributed by atoms with Crippen LogP contribution >= 0.6 is 0 Å². The van der Waals surface area contributed by atoms with Gasteiger partial charge in [-0.2, -0.15) is 0 Å². The molecular formula is C19H22FN5O2. The quantitative estimate of drug-likeness (QED) is 0.813. The van der Waals surface area contributed by atoms with Crippen LogP contribution in [-0.4, -0.2) is 73.3 Å². The molecule has 0 unspecified atom stereocenters. The number of carbonyl (C=O) groups excluding carboxylic acids is 1. The number of halogens is 1. The standard InChI is InChI=1S/C19H22FN5O2/c20-15-3-1-2-4-17(15)23-5-7-25(8-6-23)19(26)16-13-18(22-14-21-16)24-9-11-27-12-10-24/h1-4,13-14H,5-12H2. The van der Waals surface area contributed by atoms with E-state index < -0.39 is 0 Å². The van der Waals surface area contributed by atoms with Crippen molar-refractivity contribution in [3.63, 3.8) is 0 Å². The molecule has 7 nitrogen and oxygen atoms in total. The molecular weight excluding hydrogens is 349 g/mol. The molecule has 0 aliphatic carbocycles. The van der Waals surface area contributed by atoms with Gasteiger partial charge in [0.05, 0.1) is 18.9 Å². The van der Waals surface area contributed by atoms with Crippen molar-refractivity contribution in [3.05, 3.63) is 48.2 Å². The number of para-hydroxylation sites is 1. The Bertz CT molecular complexity index is 804. The largest absolute Gasteiger partial charge is 0.378 e. The molecule has 2 aliphatic heterocycles. The van der Waals surface area contributed by atoms with Gasteiger partial charge in [-0.25, -0.2) is 14.4 Å². The number of morpholine rings is 1. The van der Waals surface area contributed by atoms with E-state index >= 15 is 0 Å². The van der Waals surface area contributed by atoms with Crippen molar-refractivity contribution in [1.82, 2.24) is 14.9 Å². The summed E-state index contributed by atoms with van der Waals surface area (Å²) in [6.45, 7) is 5.07. The molecule has 2 fully saturated rings. The number of hydrogen-bond donors (Lipinski definition) is 0. The Labute approximate surface area is 157 Å². The number of aromatic nitrogens is 2. The van der Waals surface area contributed by atoms with Crippen LogP contribution in [0, 0.1) is 5.82 Å². The highest BCUT2D eigenvalue weighted by Gasteiger charge is 2.25. The summed E-state index contributed by atoms with van der Waals surface area (Å²) >= 11 is 0. The summed E-state index contributed by atoms with van der Waals surface area (Å²) in [6, 6.07) is 8.48. The Morgan fingerprint density at radius 3 is 2.44 bits per heavy atom. The average molecular weight is 371 g/mol. The van der Waals surface area contributed by atoms with E-state index in [1.807, 2.05) is 11.0 Å². The average Bonchev–Trinajstić information content (AvgIpc) is 2.74. The molecule has 0 bridgehead atoms. The first-order valence-corrected chi connectivity index (χ1v) is 9.16. The molecule has 2 aromatic rings. The van der Waals surface area contributed by atoms with Crippen molar-refractivity contribution >= 4 is 17.4 Å². The number of amides is 1. The molecule has 1 aromatic heterocycles. The second kappa shape index (κ2) is 7.87. The lowest BCUT2D eigenvalue weighted by Gasteiger charge is -2.36. The molecule has 1 amide bonds. The maximum absolute atomic E-state index is 14.0. The van der Waals surface area contributed by atoms with E-state index in [1.54, 1.807) is 23.1 Å². The van der Waals surface area contributed by atoms with E-state index in [9.17, 15) is 9.18 Å². The number of hydrogen-bond acceptors (Lipinski definition) is 6. The van der Waals surface area contributed by atoms with Crippen molar-refractivity contribution in [1.29, 1.82) is 0 Å². The summed E-state index contributed by atoms with van der Waals surface area (Å²) in [7, 11) is 0. The maximum atomic E-state index is 14.0. The zero-order valence-electron chi connectivity index (χ0n) is 15.1. The van der Waals surface area contributed by atoms with Crippen molar-refractivity contribution in [2.75, 3.05) is 62.3 Å². The number of piperazine rings is 1. The summed E-state index contributed by atoms with van der Waals surface area (Å²) in [5.74, 6) is 0.407. The summed E-state index contributed by atoms with van der Waals surface area (Å²) in [5.41, 5.74) is 0.979. The number of carbonyl (C=O) groups is 1. The Balaban J connectivity index is 1.41. The van der Waals surface area contributed by atoms with Crippen molar-refractivity contribution in [3.8, 4) is 0 Å². The van der Waals surface area contributed by atoms with Gasteiger partial charge in [0.1, 0.15) is 23.7 Å². The number of ether oxygens (including phenoxy) is 1. The predicted octanol–water partition coefficient (Wildman–Crippen LogP) is 1.41. The van der Waals surface area contributed by atoms with Crippen LogP contribution in [0.1, 0.15) is 10.5 Å². The molecule has 0 N–H and O–H groups in total. The highest BCUT2D eigenvalue weighted by atomic mass is 19.1. The Hall–Kier alpha value is -2.74. The minimum atomic E-state index is -0.233. The van der Waals surface area contributed by atoms with E-state index in [0.717, 1.165) is 18.9 Å². The first kappa shape index (κ1) is 17.7. The van der Waals surface area contributed by atoms with Gasteiger partial charge in [-0.05, 0) is 12.1 Å². The maximum Gasteiger partial charge on any atom is 0.272 e. The molecule has 4 rings (SSSR count). The second-order valence-electron chi connectivity index (χ2n) is 6.59. The fraction of sp³-hybridized carbons (Fsp3) is 0.421. The molecule has 0 spiro atoms. The third-order valence-corrected chi connectivity index (χ3v) is 4.97. The van der Waals surface area contributed by atoms with Gasteiger partial charge in [0.25, 0.3) is 5.91 Å². The Morgan fingerprint density at radius 1 is 0.963 bits per heavy atom. The zero-order chi connectivity index (χ0) is 18.6. The van der Waals surface area contributed by atoms with Gasteiger partial charge in [-0.1, -0.05) is 12.1 Å². The highest BCUT2D eigenvalue weighted by molar-refractivity contribution is 5.93. The second-order valence-corrected chi connectivity index (χ2v) is 6.59. The molecule has 3 heterocycles. The Kier molecular flexibility index (Phi) is 5.15. The first-order valence-electron chi connectivity index (χ1n) is 9.16. The van der Waals surface area contributed by atoms with Crippen molar-refractivity contribution in [2.24, 2.45) is 0 Å². The van der Waals surface area contributed by atoms with Crippen LogP contribution in [0.15, 0.2) is 36.7 Å². The van der Waals surface area contributed by atoms with Gasteiger partial charge >= 0.3 is 0 Å². The van der Waals surface area contributed by atoms with Gasteiger partial charge in [0.15, 0.2) is 0 Å². The highest BCUT2D eigenvalue weighted by Crippen LogP contribution is 2.21. The van der Waals surface area contributed by atoms with Crippen LogP contribution in [0.2, 0.25) is 0 Å². The van der Waals surface area contributed by atoms with E-state index in [4.69, 9.17) is 4.74 Å². The van der Waals surface area contributed by atoms with Gasteiger partial charge in [-0.3, -0.25) is 4.79 Å². The molecule has 0 atom stereocenters. The molecule has 1 aromatic carbocycles. The fourth-order valence-electron chi connectivity index (χ4n) is 3.45. The van der Waals surface area contributed by atoms with Crippen LogP contribution in [-0.2, 0) is 4.74 Å². The first-order chi connectivity index (χ1) is 13.2. The van der Waals surface area contributed by atoms with Crippen molar-refractivity contribution < 1.29 is 13.9 Å². The zero-order valence-corrected chi connectivity index (χ0v) is 15.1. The van der Waals surface area contributed by atoms with E-state index in [-0.39, 0.29) is 11.7 Å². The van der Waals surface area contributed by atoms with Gasteiger partial charge in [0, 0.05) is 45.3 Å². The number of rotatable bonds is 3. The third kappa shape index (κ3) is 3.85. The van der Waals surface area contributed by atoms with E-state index in [1.165, 1.54) is 12.4 Å². The SMILES string of the molecule is O=C(c1cc(N2CCOCC2)ncn1)N1CCN(c2ccccc2F)CC1. The minimum Gasteiger partial charge on any atom is -0.378 e. The summed E-state index contributed by atoms with van der Waals surface area (Å²) in [6.07, 6.45) is 1.44. The lowest BCUT2D eigenvalue weighted by Crippen LogP contribution is -2.49. The van der Waals surface area contributed by atoms with Gasteiger partial charge in [0.2, 0.25) is 0 Å². The molecule has 2 aliphatic rings. The van der Waals surface area contributed by atoms with Crippen LogP contribution < -0.4 is 9.80 Å². The van der Waals surface area contributed by atoms with Crippen LogP contribution in [0.25, 0.3) is 0 Å². The minimum absolute atomic E-state index is 0.111. The fourth-order valence-corrected chi connectivity index (χ4v) is 3.45. The summed E-state index contributed by atoms with van der Waals surface area (Å²) in [5, 5.41) is 0. The van der Waals surface area contributed by atoms with Gasteiger partial charge < -0.3 is 19.4 Å². The monoisotopic (exact) mass is 371 g/mol. The normalized spacial score (nSPS) is 17.9. The van der Waals surface area contributed by atoms with E-state index in [2.05, 4.69) is 14.9 Å². The number of nitrogens with zero attached hydrogens (tertiary/aromatic N) is 5.